The smallest absolute Gasteiger partial charge is 0.283 e. The minimum absolute atomic E-state index is 0.0676. The fourth-order valence-electron chi connectivity index (χ4n) is 3.07. The standard InChI is InChI=1S/C23H14BrCl2N3O3/c24-15-5-1-3-7-17(15)28-21(30)13-9-11-14(12-10-13)27-20-19(26)22(31)29(23(20)32)18-8-4-2-6-16(18)25/h1-12,27H,(H,28,30). The van der Waals surface area contributed by atoms with Crippen molar-refractivity contribution in [2.45, 2.75) is 0 Å². The SMILES string of the molecule is O=C(Nc1ccccc1Br)c1ccc(NC2=C(Cl)C(=O)N(c3ccccc3Cl)C2=O)cc1. The van der Waals surface area contributed by atoms with E-state index in [1.807, 2.05) is 18.2 Å². The van der Waals surface area contributed by atoms with Gasteiger partial charge < -0.3 is 10.6 Å². The maximum Gasteiger partial charge on any atom is 0.283 e. The molecule has 0 unspecified atom stereocenters. The van der Waals surface area contributed by atoms with E-state index in [-0.39, 0.29) is 27.3 Å². The van der Waals surface area contributed by atoms with Crippen LogP contribution in [-0.4, -0.2) is 17.7 Å². The molecule has 0 aliphatic carbocycles. The van der Waals surface area contributed by atoms with Crippen LogP contribution in [0.1, 0.15) is 10.4 Å². The number of rotatable bonds is 5. The Kier molecular flexibility index (Phi) is 6.32. The summed E-state index contributed by atoms with van der Waals surface area (Å²) >= 11 is 15.7. The van der Waals surface area contributed by atoms with Crippen molar-refractivity contribution in [1.29, 1.82) is 0 Å². The van der Waals surface area contributed by atoms with Crippen molar-refractivity contribution in [3.8, 4) is 0 Å². The zero-order valence-corrected chi connectivity index (χ0v) is 19.3. The number of carbonyl (C=O) groups is 3. The molecule has 2 N–H and O–H groups in total. The zero-order chi connectivity index (χ0) is 22.8. The fourth-order valence-corrected chi connectivity index (χ4v) is 3.89. The summed E-state index contributed by atoms with van der Waals surface area (Å²) in [4.78, 5) is 38.9. The van der Waals surface area contributed by atoms with E-state index in [2.05, 4.69) is 26.6 Å². The van der Waals surface area contributed by atoms with Gasteiger partial charge in [0.25, 0.3) is 17.7 Å². The summed E-state index contributed by atoms with van der Waals surface area (Å²) in [5.41, 5.74) is 1.72. The predicted octanol–water partition coefficient (Wildman–Crippen LogP) is 5.79. The summed E-state index contributed by atoms with van der Waals surface area (Å²) in [5, 5.41) is 5.69. The third-order valence-corrected chi connectivity index (χ3v) is 6.02. The number of nitrogens with zero attached hydrogens (tertiary/aromatic N) is 1. The van der Waals surface area contributed by atoms with E-state index in [4.69, 9.17) is 23.2 Å². The Morgan fingerprint density at radius 1 is 0.844 bits per heavy atom. The van der Waals surface area contributed by atoms with Gasteiger partial charge in [0.2, 0.25) is 0 Å². The van der Waals surface area contributed by atoms with Crippen LogP contribution in [-0.2, 0) is 9.59 Å². The van der Waals surface area contributed by atoms with E-state index in [0.717, 1.165) is 9.37 Å². The lowest BCUT2D eigenvalue weighted by Gasteiger charge is -2.16. The van der Waals surface area contributed by atoms with Gasteiger partial charge in [-0.3, -0.25) is 14.4 Å². The predicted molar refractivity (Wildman–Crippen MR) is 129 cm³/mol. The number of para-hydroxylation sites is 2. The average Bonchev–Trinajstić information content (AvgIpc) is 2.99. The average molecular weight is 531 g/mol. The van der Waals surface area contributed by atoms with Gasteiger partial charge in [0.05, 0.1) is 16.4 Å². The Hall–Kier alpha value is -3.13. The minimum Gasteiger partial charge on any atom is -0.350 e. The number of carbonyl (C=O) groups excluding carboxylic acids is 3. The third-order valence-electron chi connectivity index (χ3n) is 4.66. The molecule has 0 fully saturated rings. The molecule has 3 aromatic rings. The van der Waals surface area contributed by atoms with E-state index in [0.29, 0.717) is 16.9 Å². The first kappa shape index (κ1) is 22.1. The molecule has 6 nitrogen and oxygen atoms in total. The van der Waals surface area contributed by atoms with Crippen molar-refractivity contribution in [2.24, 2.45) is 0 Å². The van der Waals surface area contributed by atoms with E-state index in [9.17, 15) is 14.4 Å². The Balaban J connectivity index is 1.50. The van der Waals surface area contributed by atoms with E-state index in [1.165, 1.54) is 0 Å². The van der Waals surface area contributed by atoms with Crippen LogP contribution in [0.15, 0.2) is 88.0 Å². The molecule has 160 valence electrons. The summed E-state index contributed by atoms with van der Waals surface area (Å²) in [5.74, 6) is -1.58. The quantitative estimate of drug-likeness (QED) is 0.409. The largest absolute Gasteiger partial charge is 0.350 e. The van der Waals surface area contributed by atoms with Gasteiger partial charge in [-0.15, -0.1) is 0 Å². The highest BCUT2D eigenvalue weighted by atomic mass is 79.9. The normalized spacial score (nSPS) is 13.5. The summed E-state index contributed by atoms with van der Waals surface area (Å²) in [7, 11) is 0. The molecule has 1 aliphatic heterocycles. The first-order chi connectivity index (χ1) is 15.4. The lowest BCUT2D eigenvalue weighted by Crippen LogP contribution is -2.32. The first-order valence-corrected chi connectivity index (χ1v) is 10.9. The molecule has 0 atom stereocenters. The molecule has 1 aliphatic rings. The second kappa shape index (κ2) is 9.16. The van der Waals surface area contributed by atoms with Crippen molar-refractivity contribution >= 4 is 73.9 Å². The van der Waals surface area contributed by atoms with Gasteiger partial charge in [-0.05, 0) is 64.5 Å². The number of anilines is 3. The second-order valence-corrected chi connectivity index (χ2v) is 8.36. The summed E-state index contributed by atoms with van der Waals surface area (Å²) in [6.07, 6.45) is 0. The monoisotopic (exact) mass is 529 g/mol. The maximum atomic E-state index is 12.9. The van der Waals surface area contributed by atoms with E-state index >= 15 is 0 Å². The van der Waals surface area contributed by atoms with Crippen molar-refractivity contribution in [1.82, 2.24) is 0 Å². The number of hydrogen-bond donors (Lipinski definition) is 2. The topological polar surface area (TPSA) is 78.5 Å². The number of halogens is 3. The molecule has 32 heavy (non-hydrogen) atoms. The molecule has 4 rings (SSSR count). The Morgan fingerprint density at radius 2 is 1.50 bits per heavy atom. The van der Waals surface area contributed by atoms with E-state index < -0.39 is 11.8 Å². The van der Waals surface area contributed by atoms with Gasteiger partial charge in [-0.25, -0.2) is 4.90 Å². The van der Waals surface area contributed by atoms with Gasteiger partial charge in [-0.1, -0.05) is 47.5 Å². The molecule has 3 amide bonds. The van der Waals surface area contributed by atoms with Crippen molar-refractivity contribution in [3.05, 3.63) is 98.6 Å². The minimum atomic E-state index is -0.670. The summed E-state index contributed by atoms with van der Waals surface area (Å²) in [6, 6.07) is 20.2. The molecular formula is C23H14BrCl2N3O3. The van der Waals surface area contributed by atoms with Gasteiger partial charge in [0.1, 0.15) is 10.7 Å². The lowest BCUT2D eigenvalue weighted by atomic mass is 10.2. The Bertz CT molecular complexity index is 1280. The van der Waals surface area contributed by atoms with Crippen LogP contribution < -0.4 is 15.5 Å². The highest BCUT2D eigenvalue weighted by molar-refractivity contribution is 9.10. The molecule has 1 heterocycles. The first-order valence-electron chi connectivity index (χ1n) is 9.33. The van der Waals surface area contributed by atoms with Crippen LogP contribution >= 0.6 is 39.1 Å². The highest BCUT2D eigenvalue weighted by Crippen LogP contribution is 2.34. The van der Waals surface area contributed by atoms with Crippen LogP contribution in [0.3, 0.4) is 0 Å². The maximum absolute atomic E-state index is 12.9. The highest BCUT2D eigenvalue weighted by Gasteiger charge is 2.39. The Morgan fingerprint density at radius 3 is 2.19 bits per heavy atom. The molecule has 0 aromatic heterocycles. The van der Waals surface area contributed by atoms with Crippen LogP contribution in [0.2, 0.25) is 5.02 Å². The van der Waals surface area contributed by atoms with Crippen molar-refractivity contribution < 1.29 is 14.4 Å². The number of nitrogens with one attached hydrogen (secondary N) is 2. The summed E-state index contributed by atoms with van der Waals surface area (Å²) < 4.78 is 0.765. The molecule has 0 bridgehead atoms. The van der Waals surface area contributed by atoms with Gasteiger partial charge in [-0.2, -0.15) is 0 Å². The van der Waals surface area contributed by atoms with Crippen LogP contribution in [0, 0.1) is 0 Å². The molecule has 0 radical (unpaired) electrons. The summed E-state index contributed by atoms with van der Waals surface area (Å²) in [6.45, 7) is 0. The number of benzene rings is 3. The molecule has 0 spiro atoms. The van der Waals surface area contributed by atoms with E-state index in [1.54, 1.807) is 54.6 Å². The number of imide groups is 1. The van der Waals surface area contributed by atoms with Gasteiger partial charge >= 0.3 is 0 Å². The van der Waals surface area contributed by atoms with Crippen LogP contribution in [0.25, 0.3) is 0 Å². The number of hydrogen-bond acceptors (Lipinski definition) is 4. The Labute approximate surface area is 201 Å². The van der Waals surface area contributed by atoms with Crippen LogP contribution in [0.5, 0.6) is 0 Å². The zero-order valence-electron chi connectivity index (χ0n) is 16.2. The molecule has 9 heteroatoms. The fraction of sp³-hybridized carbons (Fsp3) is 0. The van der Waals surface area contributed by atoms with Gasteiger partial charge in [0, 0.05) is 15.7 Å². The molecule has 3 aromatic carbocycles. The van der Waals surface area contributed by atoms with Crippen molar-refractivity contribution in [3.63, 3.8) is 0 Å². The molecule has 0 saturated heterocycles. The van der Waals surface area contributed by atoms with Gasteiger partial charge in [0.15, 0.2) is 0 Å². The van der Waals surface area contributed by atoms with Crippen LogP contribution in [0.4, 0.5) is 17.1 Å². The second-order valence-electron chi connectivity index (χ2n) is 6.72. The van der Waals surface area contributed by atoms with Crippen molar-refractivity contribution in [2.75, 3.05) is 15.5 Å². The third kappa shape index (κ3) is 4.27. The number of amides is 3. The molecule has 0 saturated carbocycles. The lowest BCUT2D eigenvalue weighted by molar-refractivity contribution is -0.120. The molecular weight excluding hydrogens is 517 g/mol.